The lowest BCUT2D eigenvalue weighted by Crippen LogP contribution is -2.09. The second-order valence-corrected chi connectivity index (χ2v) is 4.32. The first-order chi connectivity index (χ1) is 8.19. The van der Waals surface area contributed by atoms with Gasteiger partial charge in [-0.3, -0.25) is 0 Å². The van der Waals surface area contributed by atoms with Crippen molar-refractivity contribution >= 4 is 11.5 Å². The van der Waals surface area contributed by atoms with Crippen LogP contribution in [0, 0.1) is 17.2 Å². The second kappa shape index (κ2) is 6.79. The molecule has 1 atom stereocenters. The molecule has 0 aromatic carbocycles. The number of nitrogens with zero attached hydrogens (tertiary/aromatic N) is 3. The van der Waals surface area contributed by atoms with Crippen LogP contribution in [0.15, 0.2) is 6.20 Å². The molecule has 1 unspecified atom stereocenters. The average molecular weight is 235 g/mol. The van der Waals surface area contributed by atoms with Gasteiger partial charge in [-0.25, -0.2) is 4.68 Å². The standard InChI is InChI=1S/C12H21N5/c1-2-3-4-5-10(8-13)6-7-17-12(15)11(14)9-16-17/h9-10H,2-7,14-15H2,1H3. The fourth-order valence-electron chi connectivity index (χ4n) is 1.78. The van der Waals surface area contributed by atoms with Crippen LogP contribution in [0.2, 0.25) is 0 Å². The van der Waals surface area contributed by atoms with Crippen molar-refractivity contribution in [3.05, 3.63) is 6.20 Å². The summed E-state index contributed by atoms with van der Waals surface area (Å²) < 4.78 is 1.67. The molecule has 0 bridgehead atoms. The number of hydrogen-bond acceptors (Lipinski definition) is 4. The molecule has 0 saturated heterocycles. The lowest BCUT2D eigenvalue weighted by Gasteiger charge is -2.09. The number of anilines is 2. The van der Waals surface area contributed by atoms with Crippen LogP contribution in [0.5, 0.6) is 0 Å². The van der Waals surface area contributed by atoms with E-state index in [1.165, 1.54) is 12.8 Å². The van der Waals surface area contributed by atoms with Crippen molar-refractivity contribution in [2.24, 2.45) is 5.92 Å². The van der Waals surface area contributed by atoms with E-state index in [0.717, 1.165) is 19.3 Å². The smallest absolute Gasteiger partial charge is 0.145 e. The molecule has 94 valence electrons. The SMILES string of the molecule is CCCCCC(C#N)CCn1ncc(N)c1N. The van der Waals surface area contributed by atoms with E-state index in [9.17, 15) is 0 Å². The molecule has 5 nitrogen and oxygen atoms in total. The van der Waals surface area contributed by atoms with Gasteiger partial charge in [0.05, 0.1) is 18.0 Å². The molecule has 0 aliphatic heterocycles. The number of aromatic nitrogens is 2. The summed E-state index contributed by atoms with van der Waals surface area (Å²) in [5.74, 6) is 0.585. The Morgan fingerprint density at radius 3 is 2.71 bits per heavy atom. The van der Waals surface area contributed by atoms with Gasteiger partial charge in [-0.05, 0) is 12.8 Å². The Labute approximate surface area is 102 Å². The first-order valence-corrected chi connectivity index (χ1v) is 6.15. The maximum absolute atomic E-state index is 9.04. The molecule has 0 aliphatic rings. The quantitative estimate of drug-likeness (QED) is 0.708. The highest BCUT2D eigenvalue weighted by molar-refractivity contribution is 5.56. The number of hydrogen-bond donors (Lipinski definition) is 2. The van der Waals surface area contributed by atoms with Gasteiger partial charge in [0, 0.05) is 12.5 Å². The highest BCUT2D eigenvalue weighted by atomic mass is 15.3. The molecule has 0 fully saturated rings. The van der Waals surface area contributed by atoms with Gasteiger partial charge in [-0.1, -0.05) is 26.2 Å². The normalized spacial score (nSPS) is 12.2. The Bertz CT molecular complexity index is 377. The molecule has 0 saturated carbocycles. The first kappa shape index (κ1) is 13.4. The van der Waals surface area contributed by atoms with Gasteiger partial charge >= 0.3 is 0 Å². The highest BCUT2D eigenvalue weighted by Crippen LogP contribution is 2.17. The zero-order valence-electron chi connectivity index (χ0n) is 10.4. The third-order valence-corrected chi connectivity index (χ3v) is 2.94. The van der Waals surface area contributed by atoms with E-state index >= 15 is 0 Å². The first-order valence-electron chi connectivity index (χ1n) is 6.15. The van der Waals surface area contributed by atoms with Crippen LogP contribution in [-0.4, -0.2) is 9.78 Å². The van der Waals surface area contributed by atoms with Crippen molar-refractivity contribution in [3.63, 3.8) is 0 Å². The summed E-state index contributed by atoms with van der Waals surface area (Å²) in [5, 5.41) is 13.1. The molecule has 1 aromatic rings. The van der Waals surface area contributed by atoms with Crippen molar-refractivity contribution in [1.82, 2.24) is 9.78 Å². The molecular formula is C12H21N5. The topological polar surface area (TPSA) is 93.6 Å². The van der Waals surface area contributed by atoms with E-state index in [0.29, 0.717) is 18.1 Å². The fourth-order valence-corrected chi connectivity index (χ4v) is 1.78. The van der Waals surface area contributed by atoms with E-state index in [2.05, 4.69) is 18.1 Å². The Balaban J connectivity index is 2.38. The van der Waals surface area contributed by atoms with Gasteiger partial charge in [-0.2, -0.15) is 10.4 Å². The second-order valence-electron chi connectivity index (χ2n) is 4.32. The summed E-state index contributed by atoms with van der Waals surface area (Å²) in [6.45, 7) is 2.82. The molecule has 0 amide bonds. The molecule has 0 spiro atoms. The molecule has 4 N–H and O–H groups in total. The zero-order valence-corrected chi connectivity index (χ0v) is 10.4. The summed E-state index contributed by atoms with van der Waals surface area (Å²) in [7, 11) is 0. The molecule has 0 radical (unpaired) electrons. The van der Waals surface area contributed by atoms with E-state index in [1.807, 2.05) is 0 Å². The summed E-state index contributed by atoms with van der Waals surface area (Å²) >= 11 is 0. The predicted octanol–water partition coefficient (Wildman–Crippen LogP) is 2.16. The summed E-state index contributed by atoms with van der Waals surface area (Å²) in [4.78, 5) is 0. The molecule has 0 aliphatic carbocycles. The van der Waals surface area contributed by atoms with Gasteiger partial charge in [0.15, 0.2) is 0 Å². The summed E-state index contributed by atoms with van der Waals surface area (Å²) in [6.07, 6.45) is 6.78. The van der Waals surface area contributed by atoms with Gasteiger partial charge in [0.25, 0.3) is 0 Å². The molecule has 17 heavy (non-hydrogen) atoms. The lowest BCUT2D eigenvalue weighted by atomic mass is 9.99. The van der Waals surface area contributed by atoms with E-state index in [4.69, 9.17) is 16.7 Å². The fraction of sp³-hybridized carbons (Fsp3) is 0.667. The minimum atomic E-state index is 0.0892. The summed E-state index contributed by atoms with van der Waals surface area (Å²) in [5.41, 5.74) is 11.9. The molecule has 5 heteroatoms. The number of nitriles is 1. The number of nitrogen functional groups attached to an aromatic ring is 2. The number of rotatable bonds is 7. The number of unbranched alkanes of at least 4 members (excludes halogenated alkanes) is 2. The van der Waals surface area contributed by atoms with Gasteiger partial charge in [-0.15, -0.1) is 0 Å². The molecule has 1 heterocycles. The average Bonchev–Trinajstić information content (AvgIpc) is 2.65. The van der Waals surface area contributed by atoms with Crippen molar-refractivity contribution in [1.29, 1.82) is 5.26 Å². The van der Waals surface area contributed by atoms with Gasteiger partial charge < -0.3 is 11.5 Å². The van der Waals surface area contributed by atoms with Crippen LogP contribution in [0.1, 0.15) is 39.0 Å². The Morgan fingerprint density at radius 2 is 2.18 bits per heavy atom. The van der Waals surface area contributed by atoms with Crippen molar-refractivity contribution in [3.8, 4) is 6.07 Å². The predicted molar refractivity (Wildman–Crippen MR) is 68.9 cm³/mol. The largest absolute Gasteiger partial charge is 0.394 e. The summed E-state index contributed by atoms with van der Waals surface area (Å²) in [6, 6.07) is 2.34. The molecule has 1 rings (SSSR count). The Hall–Kier alpha value is -1.70. The Morgan fingerprint density at radius 1 is 1.41 bits per heavy atom. The van der Waals surface area contributed by atoms with Crippen molar-refractivity contribution < 1.29 is 0 Å². The molecule has 1 aromatic heterocycles. The van der Waals surface area contributed by atoms with Gasteiger partial charge in [0.2, 0.25) is 0 Å². The number of nitrogens with two attached hydrogens (primary N) is 2. The van der Waals surface area contributed by atoms with Crippen LogP contribution >= 0.6 is 0 Å². The lowest BCUT2D eigenvalue weighted by molar-refractivity contribution is 0.462. The van der Waals surface area contributed by atoms with Crippen LogP contribution < -0.4 is 11.5 Å². The minimum Gasteiger partial charge on any atom is -0.394 e. The highest BCUT2D eigenvalue weighted by Gasteiger charge is 2.09. The minimum absolute atomic E-state index is 0.0892. The van der Waals surface area contributed by atoms with E-state index in [1.54, 1.807) is 10.9 Å². The third-order valence-electron chi connectivity index (χ3n) is 2.94. The zero-order chi connectivity index (χ0) is 12.7. The van der Waals surface area contributed by atoms with Crippen LogP contribution in [0.25, 0.3) is 0 Å². The van der Waals surface area contributed by atoms with Crippen molar-refractivity contribution in [2.75, 3.05) is 11.5 Å². The van der Waals surface area contributed by atoms with Gasteiger partial charge in [0.1, 0.15) is 5.82 Å². The van der Waals surface area contributed by atoms with Crippen molar-refractivity contribution in [2.45, 2.75) is 45.6 Å². The van der Waals surface area contributed by atoms with Crippen LogP contribution in [-0.2, 0) is 6.54 Å². The third kappa shape index (κ3) is 3.99. The molecular weight excluding hydrogens is 214 g/mol. The monoisotopic (exact) mass is 235 g/mol. The Kier molecular flexibility index (Phi) is 5.34. The number of aryl methyl sites for hydroxylation is 1. The maximum Gasteiger partial charge on any atom is 0.145 e. The maximum atomic E-state index is 9.04. The van der Waals surface area contributed by atoms with Crippen LogP contribution in [0.4, 0.5) is 11.5 Å². The van der Waals surface area contributed by atoms with E-state index < -0.39 is 0 Å². The van der Waals surface area contributed by atoms with E-state index in [-0.39, 0.29) is 5.92 Å². The van der Waals surface area contributed by atoms with Crippen LogP contribution in [0.3, 0.4) is 0 Å².